The van der Waals surface area contributed by atoms with Crippen molar-refractivity contribution in [2.45, 2.75) is 19.5 Å². The molecule has 2 aromatic rings. The van der Waals surface area contributed by atoms with E-state index in [9.17, 15) is 4.79 Å². The molecule has 2 N–H and O–H groups in total. The van der Waals surface area contributed by atoms with Gasteiger partial charge in [0, 0.05) is 36.5 Å². The van der Waals surface area contributed by atoms with Crippen LogP contribution >= 0.6 is 12.2 Å². The van der Waals surface area contributed by atoms with Gasteiger partial charge in [0.25, 0.3) is 5.56 Å². The summed E-state index contributed by atoms with van der Waals surface area (Å²) in [6, 6.07) is 8.00. The van der Waals surface area contributed by atoms with Crippen molar-refractivity contribution in [2.75, 3.05) is 13.7 Å². The van der Waals surface area contributed by atoms with Crippen LogP contribution in [0.25, 0.3) is 0 Å². The number of aromatic amines is 2. The molecule has 0 spiro atoms. The maximum atomic E-state index is 11.9. The Morgan fingerprint density at radius 1 is 1.33 bits per heavy atom. The van der Waals surface area contributed by atoms with Gasteiger partial charge in [0.1, 0.15) is 5.75 Å². The Labute approximate surface area is 127 Å². The molecule has 0 saturated carbocycles. The summed E-state index contributed by atoms with van der Waals surface area (Å²) in [6.07, 6.45) is 0.728. The quantitative estimate of drug-likeness (QED) is 0.852. The minimum absolute atomic E-state index is 0.0642. The number of ether oxygens (including phenoxy) is 1. The molecule has 110 valence electrons. The normalized spacial score (nSPS) is 14.7. The van der Waals surface area contributed by atoms with Gasteiger partial charge >= 0.3 is 0 Å². The number of fused-ring (bicyclic) bond motifs is 1. The number of hydrogen-bond donors (Lipinski definition) is 2. The van der Waals surface area contributed by atoms with E-state index < -0.39 is 0 Å². The Morgan fingerprint density at radius 3 is 2.95 bits per heavy atom. The van der Waals surface area contributed by atoms with Gasteiger partial charge in [0.15, 0.2) is 4.77 Å². The van der Waals surface area contributed by atoms with Crippen LogP contribution in [0.1, 0.15) is 16.8 Å². The summed E-state index contributed by atoms with van der Waals surface area (Å²) < 4.78 is 5.78. The Bertz CT molecular complexity index is 766. The Kier molecular flexibility index (Phi) is 3.90. The maximum Gasteiger partial charge on any atom is 0.255 e. The first-order valence-electron chi connectivity index (χ1n) is 6.86. The molecular weight excluding hydrogens is 286 g/mol. The van der Waals surface area contributed by atoms with Crippen molar-refractivity contribution in [2.24, 2.45) is 0 Å². The van der Waals surface area contributed by atoms with E-state index in [0.717, 1.165) is 42.1 Å². The van der Waals surface area contributed by atoms with Crippen LogP contribution in [0.15, 0.2) is 29.1 Å². The van der Waals surface area contributed by atoms with Gasteiger partial charge in [0.05, 0.1) is 7.11 Å². The minimum Gasteiger partial charge on any atom is -0.496 e. The average Bonchev–Trinajstić information content (AvgIpc) is 2.47. The van der Waals surface area contributed by atoms with Crippen molar-refractivity contribution in [3.63, 3.8) is 0 Å². The van der Waals surface area contributed by atoms with Gasteiger partial charge in [-0.3, -0.25) is 14.7 Å². The van der Waals surface area contributed by atoms with Crippen LogP contribution in [0.5, 0.6) is 5.75 Å². The lowest BCUT2D eigenvalue weighted by atomic mass is 10.1. The Balaban J connectivity index is 1.84. The molecule has 6 heteroatoms. The summed E-state index contributed by atoms with van der Waals surface area (Å²) >= 11 is 5.04. The molecule has 1 aliphatic heterocycles. The fraction of sp³-hybridized carbons (Fsp3) is 0.333. The fourth-order valence-corrected chi connectivity index (χ4v) is 2.96. The molecule has 0 atom stereocenters. The highest BCUT2D eigenvalue weighted by atomic mass is 32.1. The lowest BCUT2D eigenvalue weighted by Crippen LogP contribution is -2.34. The lowest BCUT2D eigenvalue weighted by molar-refractivity contribution is 0.236. The van der Waals surface area contributed by atoms with E-state index in [1.165, 1.54) is 0 Å². The van der Waals surface area contributed by atoms with E-state index in [2.05, 4.69) is 20.9 Å². The van der Waals surface area contributed by atoms with Crippen LogP contribution in [0.2, 0.25) is 0 Å². The number of methoxy groups -OCH3 is 1. The van der Waals surface area contributed by atoms with E-state index in [1.54, 1.807) is 7.11 Å². The van der Waals surface area contributed by atoms with Crippen molar-refractivity contribution in [1.82, 2.24) is 14.9 Å². The van der Waals surface area contributed by atoms with Crippen molar-refractivity contribution >= 4 is 12.2 Å². The zero-order valence-corrected chi connectivity index (χ0v) is 12.6. The van der Waals surface area contributed by atoms with Gasteiger partial charge in [-0.25, -0.2) is 0 Å². The van der Waals surface area contributed by atoms with Crippen molar-refractivity contribution in [3.05, 3.63) is 56.2 Å². The highest BCUT2D eigenvalue weighted by Crippen LogP contribution is 2.22. The fourth-order valence-electron chi connectivity index (χ4n) is 2.74. The monoisotopic (exact) mass is 303 g/mol. The number of H-pyrrole nitrogens is 2. The molecule has 2 heterocycles. The van der Waals surface area contributed by atoms with Gasteiger partial charge in [-0.1, -0.05) is 18.2 Å². The predicted molar refractivity (Wildman–Crippen MR) is 83.1 cm³/mol. The number of nitrogens with zero attached hydrogens (tertiary/aromatic N) is 1. The van der Waals surface area contributed by atoms with E-state index >= 15 is 0 Å². The molecule has 0 saturated heterocycles. The number of nitrogens with one attached hydrogen (secondary N) is 2. The van der Waals surface area contributed by atoms with Gasteiger partial charge < -0.3 is 9.72 Å². The average molecular weight is 303 g/mol. The first kappa shape index (κ1) is 14.0. The predicted octanol–water partition coefficient (Wildman–Crippen LogP) is 2.00. The lowest BCUT2D eigenvalue weighted by Gasteiger charge is -2.28. The molecule has 3 rings (SSSR count). The van der Waals surface area contributed by atoms with Gasteiger partial charge in [-0.05, 0) is 24.7 Å². The Hall–Kier alpha value is -1.92. The summed E-state index contributed by atoms with van der Waals surface area (Å²) in [4.78, 5) is 19.9. The third-order valence-electron chi connectivity index (χ3n) is 3.78. The van der Waals surface area contributed by atoms with Crippen LogP contribution < -0.4 is 10.3 Å². The molecule has 5 nitrogen and oxygen atoms in total. The van der Waals surface area contributed by atoms with Gasteiger partial charge in [-0.2, -0.15) is 0 Å². The molecular formula is C15H17N3O2S. The number of rotatable bonds is 3. The number of hydrogen-bond acceptors (Lipinski definition) is 4. The van der Waals surface area contributed by atoms with E-state index in [-0.39, 0.29) is 5.56 Å². The summed E-state index contributed by atoms with van der Waals surface area (Å²) in [5.74, 6) is 0.891. The second-order valence-electron chi connectivity index (χ2n) is 5.14. The van der Waals surface area contributed by atoms with Crippen molar-refractivity contribution < 1.29 is 4.74 Å². The second kappa shape index (κ2) is 5.83. The first-order chi connectivity index (χ1) is 10.2. The topological polar surface area (TPSA) is 61.1 Å². The van der Waals surface area contributed by atoms with Crippen LogP contribution in [0.3, 0.4) is 0 Å². The standard InChI is InChI=1S/C15H17N3O2S/c1-20-13-5-3-2-4-10(13)8-18-7-6-11-12(9-18)16-15(21)17-14(11)19/h2-5H,6-9H2,1H3,(H2,16,17,19,21). The van der Waals surface area contributed by atoms with Crippen LogP contribution in [0.4, 0.5) is 0 Å². The SMILES string of the molecule is COc1ccccc1CN1CCc2c([nH]c(=S)[nH]c2=O)C1. The molecule has 0 radical (unpaired) electrons. The molecule has 0 fully saturated rings. The van der Waals surface area contributed by atoms with Crippen molar-refractivity contribution in [1.29, 1.82) is 0 Å². The summed E-state index contributed by atoms with van der Waals surface area (Å²) in [6.45, 7) is 2.33. The zero-order valence-electron chi connectivity index (χ0n) is 11.8. The van der Waals surface area contributed by atoms with Gasteiger partial charge in [-0.15, -0.1) is 0 Å². The first-order valence-corrected chi connectivity index (χ1v) is 7.27. The zero-order chi connectivity index (χ0) is 14.8. The molecule has 21 heavy (non-hydrogen) atoms. The second-order valence-corrected chi connectivity index (χ2v) is 5.55. The van der Waals surface area contributed by atoms with Crippen molar-refractivity contribution in [3.8, 4) is 5.75 Å². The van der Waals surface area contributed by atoms with Crippen LogP contribution in [0, 0.1) is 4.77 Å². The number of para-hydroxylation sites is 1. The summed E-state index contributed by atoms with van der Waals surface area (Å²) in [5.41, 5.74) is 2.82. The van der Waals surface area contributed by atoms with Crippen LogP contribution in [-0.4, -0.2) is 28.5 Å². The molecule has 0 aliphatic carbocycles. The smallest absolute Gasteiger partial charge is 0.255 e. The van der Waals surface area contributed by atoms with E-state index in [0.29, 0.717) is 11.3 Å². The van der Waals surface area contributed by atoms with Gasteiger partial charge in [0.2, 0.25) is 0 Å². The molecule has 1 aromatic heterocycles. The summed E-state index contributed by atoms with van der Waals surface area (Å²) in [5, 5.41) is 0. The molecule has 0 bridgehead atoms. The van der Waals surface area contributed by atoms with E-state index in [1.807, 2.05) is 18.2 Å². The molecule has 0 amide bonds. The third kappa shape index (κ3) is 2.91. The Morgan fingerprint density at radius 2 is 2.14 bits per heavy atom. The molecule has 0 unspecified atom stereocenters. The summed E-state index contributed by atoms with van der Waals surface area (Å²) in [7, 11) is 1.68. The highest BCUT2D eigenvalue weighted by molar-refractivity contribution is 7.71. The van der Waals surface area contributed by atoms with Crippen LogP contribution in [-0.2, 0) is 19.5 Å². The molecule has 1 aliphatic rings. The number of aromatic nitrogens is 2. The number of benzene rings is 1. The minimum atomic E-state index is -0.0642. The third-order valence-corrected chi connectivity index (χ3v) is 3.98. The van der Waals surface area contributed by atoms with E-state index in [4.69, 9.17) is 17.0 Å². The molecule has 1 aromatic carbocycles. The highest BCUT2D eigenvalue weighted by Gasteiger charge is 2.20. The largest absolute Gasteiger partial charge is 0.496 e. The maximum absolute atomic E-state index is 11.9.